The van der Waals surface area contributed by atoms with Gasteiger partial charge in [-0.15, -0.1) is 0 Å². The number of carbonyl (C=O) groups excluding carboxylic acids is 1. The van der Waals surface area contributed by atoms with E-state index in [4.69, 9.17) is 0 Å². The molecule has 0 unspecified atom stereocenters. The molecule has 1 aromatic carbocycles. The summed E-state index contributed by atoms with van der Waals surface area (Å²) in [5, 5.41) is 6.28. The van der Waals surface area contributed by atoms with Crippen LogP contribution < -0.4 is 10.6 Å². The van der Waals surface area contributed by atoms with Crippen LogP contribution >= 0.6 is 0 Å². The van der Waals surface area contributed by atoms with E-state index >= 15 is 0 Å². The molecule has 3 heteroatoms. The van der Waals surface area contributed by atoms with Crippen molar-refractivity contribution in [2.24, 2.45) is 0 Å². The molecule has 1 aromatic rings. The Balaban J connectivity index is 1.68. The van der Waals surface area contributed by atoms with Crippen molar-refractivity contribution in [2.75, 3.05) is 6.54 Å². The van der Waals surface area contributed by atoms with Gasteiger partial charge in [0.05, 0.1) is 6.54 Å². The fourth-order valence-electron chi connectivity index (χ4n) is 2.47. The molecule has 0 atom stereocenters. The van der Waals surface area contributed by atoms with Crippen molar-refractivity contribution in [3.8, 4) is 0 Å². The van der Waals surface area contributed by atoms with Gasteiger partial charge in [-0.05, 0) is 30.9 Å². The maximum Gasteiger partial charge on any atom is 0.234 e. The van der Waals surface area contributed by atoms with Crippen LogP contribution in [0.15, 0.2) is 24.3 Å². The normalized spacial score (nSPS) is 15.8. The van der Waals surface area contributed by atoms with Crippen molar-refractivity contribution in [1.82, 2.24) is 10.6 Å². The Bertz CT molecular complexity index is 397. The smallest absolute Gasteiger partial charge is 0.234 e. The van der Waals surface area contributed by atoms with E-state index in [9.17, 15) is 4.79 Å². The second-order valence-electron chi connectivity index (χ2n) is 5.08. The van der Waals surface area contributed by atoms with Crippen molar-refractivity contribution in [2.45, 2.75) is 45.2 Å². The molecule has 3 nitrogen and oxygen atoms in total. The monoisotopic (exact) mass is 246 g/mol. The van der Waals surface area contributed by atoms with E-state index in [2.05, 4.69) is 29.7 Å². The number of carbonyl (C=O) groups is 1. The standard InChI is InChI=1S/C15H22N2O/c1-12-6-2-3-7-13(12)10-16-11-15(18)17-14-8-4-5-9-14/h2-3,6-7,14,16H,4-5,8-11H2,1H3,(H,17,18). The lowest BCUT2D eigenvalue weighted by Gasteiger charge is -2.12. The van der Waals surface area contributed by atoms with Gasteiger partial charge >= 0.3 is 0 Å². The summed E-state index contributed by atoms with van der Waals surface area (Å²) in [5.41, 5.74) is 2.52. The highest BCUT2D eigenvalue weighted by molar-refractivity contribution is 5.78. The molecule has 0 aromatic heterocycles. The van der Waals surface area contributed by atoms with Gasteiger partial charge in [-0.3, -0.25) is 4.79 Å². The van der Waals surface area contributed by atoms with Gasteiger partial charge in [0.25, 0.3) is 0 Å². The topological polar surface area (TPSA) is 41.1 Å². The van der Waals surface area contributed by atoms with Gasteiger partial charge in [0.15, 0.2) is 0 Å². The van der Waals surface area contributed by atoms with Crippen LogP contribution in [0.1, 0.15) is 36.8 Å². The number of nitrogens with one attached hydrogen (secondary N) is 2. The third-order valence-electron chi connectivity index (χ3n) is 3.58. The van der Waals surface area contributed by atoms with E-state index in [1.54, 1.807) is 0 Å². The maximum atomic E-state index is 11.7. The number of benzene rings is 1. The Morgan fingerprint density at radius 3 is 2.72 bits per heavy atom. The summed E-state index contributed by atoms with van der Waals surface area (Å²) in [6.07, 6.45) is 4.79. The van der Waals surface area contributed by atoms with E-state index in [1.807, 2.05) is 12.1 Å². The van der Waals surface area contributed by atoms with Gasteiger partial charge in [-0.25, -0.2) is 0 Å². The number of rotatable bonds is 5. The molecule has 0 saturated heterocycles. The molecule has 1 amide bonds. The molecule has 2 N–H and O–H groups in total. The zero-order valence-corrected chi connectivity index (χ0v) is 11.0. The lowest BCUT2D eigenvalue weighted by Crippen LogP contribution is -2.39. The van der Waals surface area contributed by atoms with Crippen LogP contribution in [0.2, 0.25) is 0 Å². The molecule has 0 radical (unpaired) electrons. The van der Waals surface area contributed by atoms with Gasteiger partial charge in [-0.2, -0.15) is 0 Å². The maximum absolute atomic E-state index is 11.7. The largest absolute Gasteiger partial charge is 0.352 e. The van der Waals surface area contributed by atoms with Crippen molar-refractivity contribution in [3.05, 3.63) is 35.4 Å². The average molecular weight is 246 g/mol. The second kappa shape index (κ2) is 6.55. The van der Waals surface area contributed by atoms with Crippen LogP contribution in [0.3, 0.4) is 0 Å². The quantitative estimate of drug-likeness (QED) is 0.835. The number of aryl methyl sites for hydroxylation is 1. The van der Waals surface area contributed by atoms with Crippen LogP contribution in [-0.4, -0.2) is 18.5 Å². The zero-order valence-electron chi connectivity index (χ0n) is 11.0. The lowest BCUT2D eigenvalue weighted by atomic mass is 10.1. The molecule has 98 valence electrons. The highest BCUT2D eigenvalue weighted by Crippen LogP contribution is 2.17. The fraction of sp³-hybridized carbons (Fsp3) is 0.533. The molecule has 0 aliphatic heterocycles. The molecule has 1 fully saturated rings. The van der Waals surface area contributed by atoms with Crippen LogP contribution in [0.4, 0.5) is 0 Å². The Morgan fingerprint density at radius 2 is 2.00 bits per heavy atom. The lowest BCUT2D eigenvalue weighted by molar-refractivity contribution is -0.120. The Kier molecular flexibility index (Phi) is 4.76. The molecule has 1 aliphatic rings. The molecule has 0 spiro atoms. The highest BCUT2D eigenvalue weighted by Gasteiger charge is 2.16. The fourth-order valence-corrected chi connectivity index (χ4v) is 2.47. The van der Waals surface area contributed by atoms with E-state index in [0.717, 1.165) is 19.4 Å². The van der Waals surface area contributed by atoms with Gasteiger partial charge in [0, 0.05) is 12.6 Å². The third-order valence-corrected chi connectivity index (χ3v) is 3.58. The number of amides is 1. The summed E-state index contributed by atoms with van der Waals surface area (Å²) in [7, 11) is 0. The summed E-state index contributed by atoms with van der Waals surface area (Å²) in [5.74, 6) is 0.121. The van der Waals surface area contributed by atoms with Crippen LogP contribution in [0.5, 0.6) is 0 Å². The second-order valence-corrected chi connectivity index (χ2v) is 5.08. The summed E-state index contributed by atoms with van der Waals surface area (Å²) in [6.45, 7) is 3.26. The van der Waals surface area contributed by atoms with E-state index in [1.165, 1.54) is 24.0 Å². The minimum atomic E-state index is 0.121. The van der Waals surface area contributed by atoms with Gasteiger partial charge < -0.3 is 10.6 Å². The van der Waals surface area contributed by atoms with E-state index in [-0.39, 0.29) is 5.91 Å². The summed E-state index contributed by atoms with van der Waals surface area (Å²) in [4.78, 5) is 11.7. The minimum Gasteiger partial charge on any atom is -0.352 e. The first kappa shape index (κ1) is 13.1. The van der Waals surface area contributed by atoms with Gasteiger partial charge in [0.2, 0.25) is 5.91 Å². The molecule has 18 heavy (non-hydrogen) atoms. The predicted octanol–water partition coefficient (Wildman–Crippen LogP) is 2.14. The molecular weight excluding hydrogens is 224 g/mol. The molecule has 0 heterocycles. The molecule has 1 saturated carbocycles. The Labute approximate surface area is 109 Å². The van der Waals surface area contributed by atoms with Crippen LogP contribution in [0, 0.1) is 6.92 Å². The first-order chi connectivity index (χ1) is 8.75. The summed E-state index contributed by atoms with van der Waals surface area (Å²) < 4.78 is 0. The van der Waals surface area contributed by atoms with Crippen molar-refractivity contribution in [1.29, 1.82) is 0 Å². The Hall–Kier alpha value is -1.35. The molecule has 0 bridgehead atoms. The molecule has 1 aliphatic carbocycles. The number of hydrogen-bond acceptors (Lipinski definition) is 2. The predicted molar refractivity (Wildman–Crippen MR) is 73.3 cm³/mol. The molecule has 2 rings (SSSR count). The van der Waals surface area contributed by atoms with E-state index < -0.39 is 0 Å². The van der Waals surface area contributed by atoms with E-state index in [0.29, 0.717) is 12.6 Å². The first-order valence-electron chi connectivity index (χ1n) is 6.80. The summed E-state index contributed by atoms with van der Waals surface area (Å²) >= 11 is 0. The third kappa shape index (κ3) is 3.84. The SMILES string of the molecule is Cc1ccccc1CNCC(=O)NC1CCCC1. The summed E-state index contributed by atoms with van der Waals surface area (Å²) in [6, 6.07) is 8.67. The average Bonchev–Trinajstić information content (AvgIpc) is 2.84. The van der Waals surface area contributed by atoms with Gasteiger partial charge in [0.1, 0.15) is 0 Å². The number of hydrogen-bond donors (Lipinski definition) is 2. The van der Waals surface area contributed by atoms with Crippen molar-refractivity contribution in [3.63, 3.8) is 0 Å². The highest BCUT2D eigenvalue weighted by atomic mass is 16.1. The minimum absolute atomic E-state index is 0.121. The van der Waals surface area contributed by atoms with Crippen LogP contribution in [-0.2, 0) is 11.3 Å². The van der Waals surface area contributed by atoms with Crippen LogP contribution in [0.25, 0.3) is 0 Å². The Morgan fingerprint density at radius 1 is 1.28 bits per heavy atom. The molecular formula is C15H22N2O. The first-order valence-corrected chi connectivity index (χ1v) is 6.80. The van der Waals surface area contributed by atoms with Crippen molar-refractivity contribution >= 4 is 5.91 Å². The van der Waals surface area contributed by atoms with Crippen molar-refractivity contribution < 1.29 is 4.79 Å². The van der Waals surface area contributed by atoms with Gasteiger partial charge in [-0.1, -0.05) is 37.1 Å². The zero-order chi connectivity index (χ0) is 12.8.